The Hall–Kier alpha value is -4.24. The molecule has 2 fully saturated rings. The van der Waals surface area contributed by atoms with Crippen LogP contribution < -0.4 is 10.6 Å². The second kappa shape index (κ2) is 11.4. The van der Waals surface area contributed by atoms with Crippen LogP contribution in [-0.4, -0.2) is 48.1 Å². The van der Waals surface area contributed by atoms with Crippen molar-refractivity contribution in [1.82, 2.24) is 10.2 Å². The summed E-state index contributed by atoms with van der Waals surface area (Å²) in [6, 6.07) is 20.8. The van der Waals surface area contributed by atoms with Crippen molar-refractivity contribution in [2.45, 2.75) is 37.6 Å². The summed E-state index contributed by atoms with van der Waals surface area (Å²) in [7, 11) is 0. The number of cyclic esters (lactones) is 1. The maximum Gasteiger partial charge on any atom is 0.411 e. The van der Waals surface area contributed by atoms with E-state index in [1.807, 2.05) is 30.3 Å². The van der Waals surface area contributed by atoms with Gasteiger partial charge >= 0.3 is 6.09 Å². The van der Waals surface area contributed by atoms with E-state index in [1.54, 1.807) is 30.3 Å². The largest absolute Gasteiger partial charge is 0.438 e. The molecule has 0 spiro atoms. The molecule has 3 aromatic carbocycles. The van der Waals surface area contributed by atoms with Crippen molar-refractivity contribution in [3.63, 3.8) is 0 Å². The Bertz CT molecular complexity index is 1310. The van der Waals surface area contributed by atoms with Gasteiger partial charge in [-0.3, -0.25) is 14.5 Å². The highest BCUT2D eigenvalue weighted by Gasteiger charge is 2.47. The molecule has 38 heavy (non-hydrogen) atoms. The highest BCUT2D eigenvalue weighted by Crippen LogP contribution is 2.35. The van der Waals surface area contributed by atoms with E-state index in [2.05, 4.69) is 10.6 Å². The van der Waals surface area contributed by atoms with Crippen LogP contribution in [0.5, 0.6) is 0 Å². The first-order chi connectivity index (χ1) is 18.5. The third kappa shape index (κ3) is 5.68. The van der Waals surface area contributed by atoms with Gasteiger partial charge in [0.1, 0.15) is 5.82 Å². The number of hydrogen-bond donors (Lipinski definition) is 2. The van der Waals surface area contributed by atoms with E-state index in [0.717, 1.165) is 18.4 Å². The summed E-state index contributed by atoms with van der Waals surface area (Å²) in [5, 5.41) is 5.61. The van der Waals surface area contributed by atoms with E-state index >= 15 is 0 Å². The molecule has 2 aliphatic heterocycles. The molecule has 3 atom stereocenters. The molecule has 8 nitrogen and oxygen atoms in total. The third-order valence-electron chi connectivity index (χ3n) is 6.67. The lowest BCUT2D eigenvalue weighted by atomic mass is 10.00. The summed E-state index contributed by atoms with van der Waals surface area (Å²) in [6.07, 6.45) is 0.217. The molecule has 0 saturated carbocycles. The molecule has 2 N–H and O–H groups in total. The fraction of sp³-hybridized carbons (Fsp3) is 0.276. The summed E-state index contributed by atoms with van der Waals surface area (Å²) in [4.78, 5) is 40.5. The van der Waals surface area contributed by atoms with Crippen molar-refractivity contribution in [3.05, 3.63) is 101 Å². The van der Waals surface area contributed by atoms with Gasteiger partial charge in [-0.2, -0.15) is 0 Å². The predicted molar refractivity (Wildman–Crippen MR) is 138 cm³/mol. The fourth-order valence-electron chi connectivity index (χ4n) is 4.75. The van der Waals surface area contributed by atoms with Crippen LogP contribution in [0.1, 0.15) is 40.4 Å². The van der Waals surface area contributed by atoms with Crippen molar-refractivity contribution in [2.24, 2.45) is 0 Å². The molecule has 2 saturated heterocycles. The molecule has 3 unspecified atom stereocenters. The maximum atomic E-state index is 14.1. The lowest BCUT2D eigenvalue weighted by molar-refractivity contribution is -0.126. The smallest absolute Gasteiger partial charge is 0.411 e. The van der Waals surface area contributed by atoms with Crippen LogP contribution >= 0.6 is 0 Å². The summed E-state index contributed by atoms with van der Waals surface area (Å²) >= 11 is 0. The van der Waals surface area contributed by atoms with E-state index in [-0.39, 0.29) is 24.1 Å². The number of benzene rings is 3. The zero-order chi connectivity index (χ0) is 26.5. The summed E-state index contributed by atoms with van der Waals surface area (Å²) < 4.78 is 25.4. The quantitative estimate of drug-likeness (QED) is 0.461. The Labute approximate surface area is 219 Å². The second-order valence-electron chi connectivity index (χ2n) is 9.30. The Morgan fingerprint density at radius 3 is 2.55 bits per heavy atom. The molecule has 3 amide bonds. The van der Waals surface area contributed by atoms with Gasteiger partial charge in [0.15, 0.2) is 12.1 Å². The highest BCUT2D eigenvalue weighted by molar-refractivity contribution is 6.04. The minimum absolute atomic E-state index is 0.0603. The number of carbonyl (C=O) groups is 3. The molecular weight excluding hydrogens is 489 g/mol. The van der Waals surface area contributed by atoms with Crippen LogP contribution in [0.3, 0.4) is 0 Å². The number of halogens is 1. The molecule has 2 heterocycles. The Balaban J connectivity index is 1.39. The third-order valence-corrected chi connectivity index (χ3v) is 6.67. The van der Waals surface area contributed by atoms with Crippen molar-refractivity contribution >= 4 is 23.6 Å². The molecule has 9 heteroatoms. The Kier molecular flexibility index (Phi) is 7.65. The van der Waals surface area contributed by atoms with Gasteiger partial charge in [-0.05, 0) is 48.2 Å². The Morgan fingerprint density at radius 2 is 1.79 bits per heavy atom. The number of hydrogen-bond acceptors (Lipinski definition) is 5. The van der Waals surface area contributed by atoms with E-state index in [0.29, 0.717) is 24.4 Å². The van der Waals surface area contributed by atoms with Gasteiger partial charge in [-0.1, -0.05) is 54.6 Å². The van der Waals surface area contributed by atoms with Crippen LogP contribution in [-0.2, 0) is 20.8 Å². The zero-order valence-corrected chi connectivity index (χ0v) is 20.6. The van der Waals surface area contributed by atoms with Crippen molar-refractivity contribution < 1.29 is 28.2 Å². The molecular formula is C29H28FN3O5. The molecule has 0 bridgehead atoms. The number of amides is 3. The summed E-state index contributed by atoms with van der Waals surface area (Å²) in [6.45, 7) is 1.20. The van der Waals surface area contributed by atoms with E-state index in [1.165, 1.54) is 23.1 Å². The van der Waals surface area contributed by atoms with E-state index in [4.69, 9.17) is 9.47 Å². The van der Waals surface area contributed by atoms with E-state index in [9.17, 15) is 18.8 Å². The van der Waals surface area contributed by atoms with Gasteiger partial charge in [0.05, 0.1) is 18.2 Å². The van der Waals surface area contributed by atoms with Gasteiger partial charge in [-0.15, -0.1) is 0 Å². The van der Waals surface area contributed by atoms with Crippen LogP contribution in [0, 0.1) is 5.82 Å². The van der Waals surface area contributed by atoms with Crippen LogP contribution in [0.15, 0.2) is 78.9 Å². The molecule has 2 aliphatic rings. The monoisotopic (exact) mass is 517 g/mol. The van der Waals surface area contributed by atoms with Crippen LogP contribution in [0.2, 0.25) is 0 Å². The van der Waals surface area contributed by atoms with Crippen LogP contribution in [0.25, 0.3) is 0 Å². The number of nitrogens with one attached hydrogen (secondary N) is 2. The zero-order valence-electron chi connectivity index (χ0n) is 20.6. The number of ether oxygens (including phenoxy) is 2. The average molecular weight is 518 g/mol. The van der Waals surface area contributed by atoms with Crippen molar-refractivity contribution in [3.8, 4) is 0 Å². The lowest BCUT2D eigenvalue weighted by Gasteiger charge is -2.25. The number of carbonyl (C=O) groups excluding carboxylic acids is 3. The first kappa shape index (κ1) is 25.4. The minimum Gasteiger partial charge on any atom is -0.438 e. The SMILES string of the molecule is O=C(Nc1cccc(C2OC(=O)N(Cc3ccccc3)C2C(=O)NCC2CCCO2)c1)c1ccccc1F. The molecule has 196 valence electrons. The van der Waals surface area contributed by atoms with Crippen LogP contribution in [0.4, 0.5) is 14.9 Å². The first-order valence-electron chi connectivity index (χ1n) is 12.6. The van der Waals surface area contributed by atoms with Gasteiger partial charge < -0.3 is 20.1 Å². The number of nitrogens with zero attached hydrogens (tertiary/aromatic N) is 1. The predicted octanol–water partition coefficient (Wildman–Crippen LogP) is 4.44. The van der Waals surface area contributed by atoms with Gasteiger partial charge in [0.25, 0.3) is 5.91 Å². The lowest BCUT2D eigenvalue weighted by Crippen LogP contribution is -2.47. The minimum atomic E-state index is -0.943. The number of rotatable bonds is 8. The molecule has 0 aromatic heterocycles. The van der Waals surface area contributed by atoms with E-state index < -0.39 is 30.0 Å². The van der Waals surface area contributed by atoms with Crippen molar-refractivity contribution in [1.29, 1.82) is 0 Å². The fourth-order valence-corrected chi connectivity index (χ4v) is 4.75. The standard InChI is InChI=1S/C29H28FN3O5/c30-24-14-5-4-13-23(24)27(34)32-21-11-6-10-20(16-21)26-25(28(35)31-17-22-12-7-15-37-22)33(29(36)38-26)18-19-8-2-1-3-9-19/h1-6,8-11,13-14,16,22,25-26H,7,12,15,17-18H2,(H,31,35)(H,32,34). The average Bonchev–Trinajstić information content (AvgIpc) is 3.56. The second-order valence-corrected chi connectivity index (χ2v) is 9.30. The molecule has 0 radical (unpaired) electrons. The topological polar surface area (TPSA) is 97.0 Å². The normalized spacial score (nSPS) is 20.7. The molecule has 5 rings (SSSR count). The van der Waals surface area contributed by atoms with Gasteiger partial charge in [0, 0.05) is 18.8 Å². The summed E-state index contributed by atoms with van der Waals surface area (Å²) in [5.41, 5.74) is 1.67. The number of anilines is 1. The van der Waals surface area contributed by atoms with Crippen molar-refractivity contribution in [2.75, 3.05) is 18.5 Å². The maximum absolute atomic E-state index is 14.1. The highest BCUT2D eigenvalue weighted by atomic mass is 19.1. The molecule has 0 aliphatic carbocycles. The summed E-state index contributed by atoms with van der Waals surface area (Å²) in [5.74, 6) is -1.60. The molecule has 3 aromatic rings. The van der Waals surface area contributed by atoms with Gasteiger partial charge in [0.2, 0.25) is 5.91 Å². The van der Waals surface area contributed by atoms with Gasteiger partial charge in [-0.25, -0.2) is 9.18 Å². The first-order valence-corrected chi connectivity index (χ1v) is 12.6. The Morgan fingerprint density at radius 1 is 1.00 bits per heavy atom.